The van der Waals surface area contributed by atoms with Crippen LogP contribution in [0.4, 0.5) is 0 Å². The molecule has 0 bridgehead atoms. The third-order valence-electron chi connectivity index (χ3n) is 4.82. The van der Waals surface area contributed by atoms with Gasteiger partial charge in [0.2, 0.25) is 0 Å². The number of sulfonamides is 1. The number of rotatable bonds is 5. The third kappa shape index (κ3) is 4.03. The van der Waals surface area contributed by atoms with Crippen LogP contribution < -0.4 is 0 Å². The van der Waals surface area contributed by atoms with E-state index in [1.807, 2.05) is 19.1 Å². The van der Waals surface area contributed by atoms with Gasteiger partial charge in [-0.15, -0.1) is 6.58 Å². The summed E-state index contributed by atoms with van der Waals surface area (Å²) >= 11 is 1.52. The van der Waals surface area contributed by atoms with E-state index in [9.17, 15) is 8.42 Å². The van der Waals surface area contributed by atoms with Gasteiger partial charge in [0, 0.05) is 0 Å². The Morgan fingerprint density at radius 2 is 1.71 bits per heavy atom. The van der Waals surface area contributed by atoms with Crippen LogP contribution in [-0.2, 0) is 10.0 Å². The zero-order valence-corrected chi connectivity index (χ0v) is 18.4. The minimum absolute atomic E-state index is 0.0180. The fraction of sp³-hybridized carbons (Fsp3) is 0.318. The highest BCUT2D eigenvalue weighted by atomic mass is 32.2. The Kier molecular flexibility index (Phi) is 6.01. The number of thioether (sulfide) groups is 1. The molecule has 4 nitrogen and oxygen atoms in total. The summed E-state index contributed by atoms with van der Waals surface area (Å²) in [5.41, 5.74) is 5.81. The number of amidine groups is 1. The fourth-order valence-electron chi connectivity index (χ4n) is 3.60. The first-order chi connectivity index (χ1) is 13.2. The van der Waals surface area contributed by atoms with Crippen molar-refractivity contribution in [2.75, 3.05) is 13.1 Å². The summed E-state index contributed by atoms with van der Waals surface area (Å²) in [6, 6.07) is 11.3. The zero-order valence-electron chi connectivity index (χ0n) is 16.8. The van der Waals surface area contributed by atoms with Gasteiger partial charge in [0.25, 0.3) is 10.0 Å². The van der Waals surface area contributed by atoms with Crippen molar-refractivity contribution in [2.24, 2.45) is 4.99 Å². The van der Waals surface area contributed by atoms with E-state index >= 15 is 0 Å². The van der Waals surface area contributed by atoms with Crippen LogP contribution in [0, 0.1) is 27.7 Å². The Hall–Kier alpha value is -2.05. The van der Waals surface area contributed by atoms with Crippen molar-refractivity contribution in [3.8, 4) is 0 Å². The van der Waals surface area contributed by atoms with E-state index in [1.54, 1.807) is 18.2 Å². The predicted octanol–water partition coefficient (Wildman–Crippen LogP) is 4.94. The molecule has 0 saturated carbocycles. The molecule has 0 aromatic heterocycles. The number of aliphatic imine (C=N–C) groups is 1. The van der Waals surface area contributed by atoms with Crippen molar-refractivity contribution >= 4 is 27.0 Å². The molecule has 28 heavy (non-hydrogen) atoms. The highest BCUT2D eigenvalue weighted by Gasteiger charge is 2.39. The van der Waals surface area contributed by atoms with Gasteiger partial charge in [-0.2, -0.15) is 0 Å². The van der Waals surface area contributed by atoms with Gasteiger partial charge in [-0.1, -0.05) is 53.2 Å². The molecule has 1 aliphatic heterocycles. The van der Waals surface area contributed by atoms with Crippen molar-refractivity contribution in [3.63, 3.8) is 0 Å². The molecule has 3 rings (SSSR count). The quantitative estimate of drug-likeness (QED) is 0.651. The van der Waals surface area contributed by atoms with Crippen LogP contribution in [-0.4, -0.2) is 31.0 Å². The van der Waals surface area contributed by atoms with Crippen LogP contribution in [0.2, 0.25) is 0 Å². The second-order valence-electron chi connectivity index (χ2n) is 7.18. The van der Waals surface area contributed by atoms with E-state index in [2.05, 4.69) is 44.5 Å². The molecular weight excluding hydrogens is 388 g/mol. The Balaban J connectivity index is 2.03. The Morgan fingerprint density at radius 3 is 2.29 bits per heavy atom. The molecule has 1 unspecified atom stereocenters. The van der Waals surface area contributed by atoms with E-state index in [-0.39, 0.29) is 5.25 Å². The highest BCUT2D eigenvalue weighted by Crippen LogP contribution is 2.43. The van der Waals surface area contributed by atoms with Crippen molar-refractivity contribution < 1.29 is 8.42 Å². The summed E-state index contributed by atoms with van der Waals surface area (Å²) in [6.45, 7) is 12.7. The minimum atomic E-state index is -3.66. The molecule has 0 aliphatic carbocycles. The normalized spacial score (nSPS) is 18.6. The molecular formula is C22H26N2O2S2. The summed E-state index contributed by atoms with van der Waals surface area (Å²) in [4.78, 5) is 4.79. The molecule has 6 heteroatoms. The second kappa shape index (κ2) is 8.13. The lowest BCUT2D eigenvalue weighted by Crippen LogP contribution is -2.32. The molecule has 0 N–H and O–H groups in total. The Labute approximate surface area is 172 Å². The summed E-state index contributed by atoms with van der Waals surface area (Å²) in [6.07, 6.45) is 1.68. The van der Waals surface area contributed by atoms with E-state index in [0.29, 0.717) is 23.2 Å². The molecule has 0 radical (unpaired) electrons. The topological polar surface area (TPSA) is 49.7 Å². The lowest BCUT2D eigenvalue weighted by atomic mass is 9.97. The van der Waals surface area contributed by atoms with Gasteiger partial charge in [-0.25, -0.2) is 12.7 Å². The van der Waals surface area contributed by atoms with E-state index in [0.717, 1.165) is 5.56 Å². The van der Waals surface area contributed by atoms with Gasteiger partial charge >= 0.3 is 0 Å². The van der Waals surface area contributed by atoms with Gasteiger partial charge < -0.3 is 0 Å². The smallest absolute Gasteiger partial charge is 0.258 e. The minimum Gasteiger partial charge on any atom is -0.258 e. The van der Waals surface area contributed by atoms with Crippen LogP contribution in [0.5, 0.6) is 0 Å². The number of hydrogen-bond donors (Lipinski definition) is 0. The molecule has 1 heterocycles. The van der Waals surface area contributed by atoms with Crippen LogP contribution in [0.15, 0.2) is 58.9 Å². The molecule has 148 valence electrons. The van der Waals surface area contributed by atoms with Crippen molar-refractivity contribution in [1.29, 1.82) is 0 Å². The Morgan fingerprint density at radius 1 is 1.11 bits per heavy atom. The molecule has 0 amide bonds. The van der Waals surface area contributed by atoms with Crippen molar-refractivity contribution in [2.45, 2.75) is 37.8 Å². The van der Waals surface area contributed by atoms with Gasteiger partial charge in [-0.05, 0) is 56.5 Å². The number of benzene rings is 2. The number of nitrogens with zero attached hydrogens (tertiary/aromatic N) is 2. The van der Waals surface area contributed by atoms with Gasteiger partial charge in [0.15, 0.2) is 5.17 Å². The molecule has 2 aromatic rings. The maximum absolute atomic E-state index is 13.3. The van der Waals surface area contributed by atoms with Gasteiger partial charge in [0.1, 0.15) is 0 Å². The molecule has 1 fully saturated rings. The predicted molar refractivity (Wildman–Crippen MR) is 119 cm³/mol. The largest absolute Gasteiger partial charge is 0.265 e. The maximum atomic E-state index is 13.3. The summed E-state index contributed by atoms with van der Waals surface area (Å²) in [5.74, 6) is 0. The SMILES string of the molecule is C=CCN=C1SC(c2c(C)cc(C)cc2C)CN1S(=O)(=O)c1ccc(C)cc1. The van der Waals surface area contributed by atoms with Crippen molar-refractivity contribution in [3.05, 3.63) is 76.9 Å². The van der Waals surface area contributed by atoms with Gasteiger partial charge in [-0.3, -0.25) is 4.99 Å². The van der Waals surface area contributed by atoms with Crippen molar-refractivity contribution in [1.82, 2.24) is 4.31 Å². The van der Waals surface area contributed by atoms with E-state index in [1.165, 1.54) is 38.3 Å². The van der Waals surface area contributed by atoms with Crippen LogP contribution in [0.1, 0.15) is 33.1 Å². The maximum Gasteiger partial charge on any atom is 0.265 e. The standard InChI is InChI=1S/C22H26N2O2S2/c1-6-11-23-22-24(28(25,26)19-9-7-15(2)8-10-19)14-20(27-22)21-17(4)12-16(3)13-18(21)5/h6-10,12-13,20H,1,11,14H2,2-5H3. The first kappa shape index (κ1) is 20.7. The second-order valence-corrected chi connectivity index (χ2v) is 10.2. The average molecular weight is 415 g/mol. The van der Waals surface area contributed by atoms with Crippen LogP contribution in [0.3, 0.4) is 0 Å². The lowest BCUT2D eigenvalue weighted by Gasteiger charge is -2.20. The fourth-order valence-corrected chi connectivity index (χ4v) is 6.77. The third-order valence-corrected chi connectivity index (χ3v) is 7.93. The van der Waals surface area contributed by atoms with E-state index in [4.69, 9.17) is 0 Å². The molecule has 1 saturated heterocycles. The number of hydrogen-bond acceptors (Lipinski definition) is 4. The molecule has 1 aliphatic rings. The average Bonchev–Trinajstić information content (AvgIpc) is 3.04. The summed E-state index contributed by atoms with van der Waals surface area (Å²) < 4.78 is 28.1. The first-order valence-corrected chi connectivity index (χ1v) is 11.5. The summed E-state index contributed by atoms with van der Waals surface area (Å²) in [5, 5.41) is 0.550. The molecule has 2 aromatic carbocycles. The molecule has 0 spiro atoms. The van der Waals surface area contributed by atoms with Crippen LogP contribution >= 0.6 is 11.8 Å². The number of aryl methyl sites for hydroxylation is 4. The lowest BCUT2D eigenvalue weighted by molar-refractivity contribution is 0.528. The summed E-state index contributed by atoms with van der Waals surface area (Å²) in [7, 11) is -3.66. The monoisotopic (exact) mass is 414 g/mol. The molecule has 1 atom stereocenters. The van der Waals surface area contributed by atoms with Gasteiger partial charge in [0.05, 0.1) is 23.2 Å². The first-order valence-electron chi connectivity index (χ1n) is 9.23. The van der Waals surface area contributed by atoms with E-state index < -0.39 is 10.0 Å². The van der Waals surface area contributed by atoms with Crippen LogP contribution in [0.25, 0.3) is 0 Å². The highest BCUT2D eigenvalue weighted by molar-refractivity contribution is 8.15. The Bertz CT molecular complexity index is 1000. The zero-order chi connectivity index (χ0) is 20.5.